The lowest BCUT2D eigenvalue weighted by Crippen LogP contribution is -2.13. The zero-order valence-electron chi connectivity index (χ0n) is 16.9. The summed E-state index contributed by atoms with van der Waals surface area (Å²) in [6.07, 6.45) is -0.706. The first-order valence-electron chi connectivity index (χ1n) is 9.39. The lowest BCUT2D eigenvalue weighted by atomic mass is 10.1. The molecule has 0 radical (unpaired) electrons. The summed E-state index contributed by atoms with van der Waals surface area (Å²) in [4.78, 5) is 24.4. The molecule has 162 valence electrons. The van der Waals surface area contributed by atoms with Crippen LogP contribution < -0.4 is 0 Å². The number of aryl methyl sites for hydroxylation is 1. The van der Waals surface area contributed by atoms with E-state index in [4.69, 9.17) is 9.15 Å². The minimum atomic E-state index is -4.47. The molecule has 3 aromatic rings. The number of ketones is 1. The van der Waals surface area contributed by atoms with Gasteiger partial charge in [0.15, 0.2) is 6.61 Å². The molecule has 0 unspecified atom stereocenters. The molecule has 2 heterocycles. The van der Waals surface area contributed by atoms with Crippen molar-refractivity contribution < 1.29 is 31.9 Å². The number of esters is 1. The highest BCUT2D eigenvalue weighted by Crippen LogP contribution is 2.29. The zero-order valence-corrected chi connectivity index (χ0v) is 16.9. The Kier molecular flexibility index (Phi) is 6.48. The molecule has 3 rings (SSSR count). The highest BCUT2D eigenvalue weighted by molar-refractivity contribution is 6.00. The number of alkyl halides is 3. The molecule has 0 saturated carbocycles. The molecule has 0 aliphatic rings. The van der Waals surface area contributed by atoms with E-state index in [0.29, 0.717) is 12.1 Å². The molecule has 0 bridgehead atoms. The summed E-state index contributed by atoms with van der Waals surface area (Å²) in [7, 11) is 0. The number of halogens is 3. The Morgan fingerprint density at radius 3 is 2.58 bits per heavy atom. The molecule has 0 atom stereocenters. The van der Waals surface area contributed by atoms with Crippen LogP contribution in [0, 0.1) is 13.8 Å². The molecule has 0 saturated heterocycles. The largest absolute Gasteiger partial charge is 0.467 e. The van der Waals surface area contributed by atoms with E-state index in [9.17, 15) is 22.8 Å². The van der Waals surface area contributed by atoms with Crippen LogP contribution in [-0.2, 0) is 22.3 Å². The summed E-state index contributed by atoms with van der Waals surface area (Å²) in [5, 5.41) is 0. The summed E-state index contributed by atoms with van der Waals surface area (Å²) in [6.45, 7) is 3.64. The van der Waals surface area contributed by atoms with Crippen LogP contribution in [-0.4, -0.2) is 22.9 Å². The van der Waals surface area contributed by atoms with Gasteiger partial charge in [0.25, 0.3) is 0 Å². The normalized spacial score (nSPS) is 11.8. The molecule has 0 amide bonds. The van der Waals surface area contributed by atoms with Crippen molar-refractivity contribution in [3.63, 3.8) is 0 Å². The van der Waals surface area contributed by atoms with Crippen molar-refractivity contribution >= 4 is 17.8 Å². The smallest absolute Gasteiger partial charge is 0.416 e. The van der Waals surface area contributed by atoms with Crippen LogP contribution in [0.3, 0.4) is 0 Å². The zero-order chi connectivity index (χ0) is 22.6. The van der Waals surface area contributed by atoms with E-state index in [1.54, 1.807) is 25.3 Å². The van der Waals surface area contributed by atoms with Gasteiger partial charge >= 0.3 is 12.1 Å². The third-order valence-electron chi connectivity index (χ3n) is 4.74. The highest BCUT2D eigenvalue weighted by atomic mass is 19.4. The number of hydrogen-bond acceptors (Lipinski definition) is 4. The first-order chi connectivity index (χ1) is 14.6. The number of nitrogens with zero attached hydrogens (tertiary/aromatic N) is 1. The number of furan rings is 1. The van der Waals surface area contributed by atoms with Crippen LogP contribution in [0.25, 0.3) is 6.08 Å². The number of ether oxygens (including phenoxy) is 1. The Balaban J connectivity index is 1.61. The van der Waals surface area contributed by atoms with Crippen molar-refractivity contribution in [2.24, 2.45) is 0 Å². The molecule has 0 spiro atoms. The number of hydrogen-bond donors (Lipinski definition) is 0. The van der Waals surface area contributed by atoms with Gasteiger partial charge in [0.05, 0.1) is 18.4 Å². The Morgan fingerprint density at radius 2 is 1.90 bits per heavy atom. The minimum absolute atomic E-state index is 0.194. The van der Waals surface area contributed by atoms with E-state index in [1.807, 2.05) is 17.6 Å². The summed E-state index contributed by atoms with van der Waals surface area (Å²) in [5.41, 5.74) is 1.38. The monoisotopic (exact) mass is 431 g/mol. The van der Waals surface area contributed by atoms with Gasteiger partial charge in [-0.15, -0.1) is 0 Å². The molecule has 2 aromatic heterocycles. The van der Waals surface area contributed by atoms with Gasteiger partial charge in [0, 0.05) is 23.0 Å². The fourth-order valence-corrected chi connectivity index (χ4v) is 3.13. The maximum atomic E-state index is 12.7. The number of carbonyl (C=O) groups excluding carboxylic acids is 2. The molecule has 1 aromatic carbocycles. The number of rotatable bonds is 7. The summed E-state index contributed by atoms with van der Waals surface area (Å²) in [5.74, 6) is -0.457. The second-order valence-corrected chi connectivity index (χ2v) is 6.94. The topological polar surface area (TPSA) is 61.4 Å². The van der Waals surface area contributed by atoms with E-state index in [1.165, 1.54) is 18.2 Å². The van der Waals surface area contributed by atoms with Crippen LogP contribution in [0.1, 0.15) is 38.6 Å². The fourth-order valence-electron chi connectivity index (χ4n) is 3.13. The van der Waals surface area contributed by atoms with E-state index < -0.39 is 24.3 Å². The van der Waals surface area contributed by atoms with Crippen molar-refractivity contribution in [2.45, 2.75) is 26.6 Å². The number of aromatic nitrogens is 1. The molecule has 8 heteroatoms. The quantitative estimate of drug-likeness (QED) is 0.293. The predicted octanol–water partition coefficient (Wildman–Crippen LogP) is 5.20. The minimum Gasteiger partial charge on any atom is -0.467 e. The molecular formula is C23H20F3NO4. The second-order valence-electron chi connectivity index (χ2n) is 6.94. The van der Waals surface area contributed by atoms with Crippen LogP contribution in [0.15, 0.2) is 59.2 Å². The van der Waals surface area contributed by atoms with Crippen molar-refractivity contribution in [3.05, 3.63) is 88.6 Å². The summed E-state index contributed by atoms with van der Waals surface area (Å²) in [6, 6.07) is 9.86. The fraction of sp³-hybridized carbons (Fsp3) is 0.217. The van der Waals surface area contributed by atoms with Gasteiger partial charge in [-0.3, -0.25) is 4.79 Å². The molecule has 31 heavy (non-hydrogen) atoms. The Morgan fingerprint density at radius 1 is 1.13 bits per heavy atom. The van der Waals surface area contributed by atoms with Crippen molar-refractivity contribution in [3.8, 4) is 0 Å². The standard InChI is InChI=1S/C23H20F3NO4/c1-15-11-20(16(2)27(15)13-19-7-4-10-30-19)21(28)14-31-22(29)9-8-17-5-3-6-18(12-17)23(24,25)26/h3-12H,13-14H2,1-2H3. The van der Waals surface area contributed by atoms with Gasteiger partial charge in [0.2, 0.25) is 5.78 Å². The summed E-state index contributed by atoms with van der Waals surface area (Å²) < 4.78 is 50.5. The van der Waals surface area contributed by atoms with Crippen LogP contribution in [0.4, 0.5) is 13.2 Å². The van der Waals surface area contributed by atoms with Crippen molar-refractivity contribution in [1.29, 1.82) is 0 Å². The number of carbonyl (C=O) groups is 2. The first kappa shape index (κ1) is 22.1. The van der Waals surface area contributed by atoms with Crippen LogP contribution in [0.2, 0.25) is 0 Å². The lowest BCUT2D eigenvalue weighted by Gasteiger charge is -2.08. The van der Waals surface area contributed by atoms with E-state index in [-0.39, 0.29) is 11.3 Å². The third kappa shape index (κ3) is 5.53. The van der Waals surface area contributed by atoms with Crippen LogP contribution >= 0.6 is 0 Å². The SMILES string of the molecule is Cc1cc(C(=O)COC(=O)C=Cc2cccc(C(F)(F)F)c2)c(C)n1Cc1ccco1. The van der Waals surface area contributed by atoms with Gasteiger partial charge in [-0.05, 0) is 55.8 Å². The molecule has 5 nitrogen and oxygen atoms in total. The maximum Gasteiger partial charge on any atom is 0.416 e. The first-order valence-corrected chi connectivity index (χ1v) is 9.39. The van der Waals surface area contributed by atoms with Gasteiger partial charge < -0.3 is 13.7 Å². The van der Waals surface area contributed by atoms with Gasteiger partial charge in [-0.2, -0.15) is 13.2 Å². The summed E-state index contributed by atoms with van der Waals surface area (Å²) >= 11 is 0. The molecule has 0 aliphatic carbocycles. The Labute approximate surface area is 176 Å². The van der Waals surface area contributed by atoms with E-state index in [2.05, 4.69) is 0 Å². The Hall–Kier alpha value is -3.55. The van der Waals surface area contributed by atoms with Crippen molar-refractivity contribution in [2.75, 3.05) is 6.61 Å². The molecule has 0 aliphatic heterocycles. The van der Waals surface area contributed by atoms with Gasteiger partial charge in [-0.25, -0.2) is 4.79 Å². The van der Waals surface area contributed by atoms with Crippen molar-refractivity contribution in [1.82, 2.24) is 4.57 Å². The molecule has 0 N–H and O–H groups in total. The predicted molar refractivity (Wildman–Crippen MR) is 107 cm³/mol. The average Bonchev–Trinajstić information content (AvgIpc) is 3.34. The Bertz CT molecular complexity index is 1110. The van der Waals surface area contributed by atoms with Crippen LogP contribution in [0.5, 0.6) is 0 Å². The average molecular weight is 431 g/mol. The lowest BCUT2D eigenvalue weighted by molar-refractivity contribution is -0.138. The molecule has 0 fully saturated rings. The highest BCUT2D eigenvalue weighted by Gasteiger charge is 2.30. The van der Waals surface area contributed by atoms with E-state index in [0.717, 1.165) is 35.4 Å². The molecular weight excluding hydrogens is 411 g/mol. The van der Waals surface area contributed by atoms with E-state index >= 15 is 0 Å². The third-order valence-corrected chi connectivity index (χ3v) is 4.74. The second kappa shape index (κ2) is 9.07. The van der Waals surface area contributed by atoms with Gasteiger partial charge in [-0.1, -0.05) is 12.1 Å². The maximum absolute atomic E-state index is 12.7. The number of benzene rings is 1. The number of Topliss-reactive ketones (excluding diaryl/α,β-unsaturated/α-hetero) is 1. The van der Waals surface area contributed by atoms with Gasteiger partial charge in [0.1, 0.15) is 5.76 Å².